The maximum Gasteiger partial charge on any atom is 0.261 e. The SMILES string of the molecule is COc1ccccc1-c1ccc(C=O)c(=O)n1CC(C)C. The van der Waals surface area contributed by atoms with Gasteiger partial charge in [-0.2, -0.15) is 0 Å². The van der Waals surface area contributed by atoms with Crippen molar-refractivity contribution in [3.63, 3.8) is 0 Å². The van der Waals surface area contributed by atoms with Crippen LogP contribution in [0.25, 0.3) is 11.3 Å². The Hall–Kier alpha value is -2.36. The third kappa shape index (κ3) is 3.05. The number of nitrogens with zero attached hydrogens (tertiary/aromatic N) is 1. The van der Waals surface area contributed by atoms with Crippen molar-refractivity contribution in [1.82, 2.24) is 4.57 Å². The van der Waals surface area contributed by atoms with Crippen LogP contribution in [0.4, 0.5) is 0 Å². The second kappa shape index (κ2) is 6.39. The number of benzene rings is 1. The van der Waals surface area contributed by atoms with Gasteiger partial charge in [-0.1, -0.05) is 26.0 Å². The van der Waals surface area contributed by atoms with Gasteiger partial charge in [0.25, 0.3) is 5.56 Å². The van der Waals surface area contributed by atoms with Crippen LogP contribution < -0.4 is 10.3 Å². The maximum atomic E-state index is 12.4. The zero-order valence-electron chi connectivity index (χ0n) is 12.5. The smallest absolute Gasteiger partial charge is 0.261 e. The summed E-state index contributed by atoms with van der Waals surface area (Å²) in [6.45, 7) is 4.62. The first-order valence-electron chi connectivity index (χ1n) is 6.91. The Morgan fingerprint density at radius 2 is 1.90 bits per heavy atom. The fourth-order valence-corrected chi connectivity index (χ4v) is 2.32. The highest BCUT2D eigenvalue weighted by Crippen LogP contribution is 2.29. The number of carbonyl (C=O) groups is 1. The van der Waals surface area contributed by atoms with E-state index < -0.39 is 0 Å². The minimum Gasteiger partial charge on any atom is -0.496 e. The Morgan fingerprint density at radius 3 is 2.52 bits per heavy atom. The zero-order chi connectivity index (χ0) is 15.4. The van der Waals surface area contributed by atoms with Crippen LogP contribution in [0.1, 0.15) is 24.2 Å². The Kier molecular flexibility index (Phi) is 4.58. The standard InChI is InChI=1S/C17H19NO3/c1-12(2)10-18-15(9-8-13(11-19)17(18)20)14-6-4-5-7-16(14)21-3/h4-9,11-12H,10H2,1-3H3. The van der Waals surface area contributed by atoms with Gasteiger partial charge in [0.15, 0.2) is 6.29 Å². The number of hydrogen-bond acceptors (Lipinski definition) is 3. The molecule has 0 saturated heterocycles. The molecular formula is C17H19NO3. The number of hydrogen-bond donors (Lipinski definition) is 0. The summed E-state index contributed by atoms with van der Waals surface area (Å²) < 4.78 is 7.02. The van der Waals surface area contributed by atoms with Crippen molar-refractivity contribution in [2.75, 3.05) is 7.11 Å². The molecule has 110 valence electrons. The number of rotatable bonds is 5. The Bertz CT molecular complexity index is 701. The fraction of sp³-hybridized carbons (Fsp3) is 0.294. The van der Waals surface area contributed by atoms with Gasteiger partial charge < -0.3 is 9.30 Å². The molecule has 0 unspecified atom stereocenters. The van der Waals surface area contributed by atoms with E-state index in [0.29, 0.717) is 18.6 Å². The van der Waals surface area contributed by atoms with Crippen molar-refractivity contribution in [3.05, 3.63) is 52.3 Å². The molecular weight excluding hydrogens is 266 g/mol. The summed E-state index contributed by atoms with van der Waals surface area (Å²) in [4.78, 5) is 23.4. The van der Waals surface area contributed by atoms with E-state index in [0.717, 1.165) is 11.3 Å². The minimum atomic E-state index is -0.262. The molecule has 1 aromatic carbocycles. The van der Waals surface area contributed by atoms with Gasteiger partial charge in [-0.05, 0) is 30.2 Å². The van der Waals surface area contributed by atoms with Gasteiger partial charge in [-0.3, -0.25) is 9.59 Å². The first kappa shape index (κ1) is 15.0. The molecule has 2 rings (SSSR count). The lowest BCUT2D eigenvalue weighted by Crippen LogP contribution is -2.26. The normalized spacial score (nSPS) is 10.7. The van der Waals surface area contributed by atoms with Crippen LogP contribution in [0.5, 0.6) is 5.75 Å². The number of para-hydroxylation sites is 1. The van der Waals surface area contributed by atoms with E-state index in [1.807, 2.05) is 38.1 Å². The molecule has 0 radical (unpaired) electrons. The molecule has 0 aliphatic heterocycles. The Balaban J connectivity index is 2.71. The number of aldehydes is 1. The second-order valence-electron chi connectivity index (χ2n) is 5.30. The summed E-state index contributed by atoms with van der Waals surface area (Å²) in [5, 5.41) is 0. The summed E-state index contributed by atoms with van der Waals surface area (Å²) in [6.07, 6.45) is 0.602. The van der Waals surface area contributed by atoms with Crippen LogP contribution in [0, 0.1) is 5.92 Å². The van der Waals surface area contributed by atoms with E-state index >= 15 is 0 Å². The highest BCUT2D eigenvalue weighted by atomic mass is 16.5. The first-order valence-corrected chi connectivity index (χ1v) is 6.91. The van der Waals surface area contributed by atoms with E-state index in [2.05, 4.69) is 0 Å². The molecule has 0 saturated carbocycles. The van der Waals surface area contributed by atoms with Crippen molar-refractivity contribution in [1.29, 1.82) is 0 Å². The maximum absolute atomic E-state index is 12.4. The van der Waals surface area contributed by atoms with Gasteiger partial charge in [0.2, 0.25) is 0 Å². The molecule has 0 atom stereocenters. The van der Waals surface area contributed by atoms with Crippen LogP contribution in [-0.2, 0) is 6.54 Å². The molecule has 0 bridgehead atoms. The van der Waals surface area contributed by atoms with Crippen LogP contribution >= 0.6 is 0 Å². The van der Waals surface area contributed by atoms with Crippen LogP contribution in [-0.4, -0.2) is 18.0 Å². The van der Waals surface area contributed by atoms with Gasteiger partial charge in [-0.15, -0.1) is 0 Å². The van der Waals surface area contributed by atoms with Crippen molar-refractivity contribution in [3.8, 4) is 17.0 Å². The fourth-order valence-electron chi connectivity index (χ4n) is 2.32. The van der Waals surface area contributed by atoms with E-state index in [-0.39, 0.29) is 17.0 Å². The van der Waals surface area contributed by atoms with Gasteiger partial charge in [0, 0.05) is 12.1 Å². The summed E-state index contributed by atoms with van der Waals surface area (Å²) in [5.41, 5.74) is 1.52. The van der Waals surface area contributed by atoms with Crippen molar-refractivity contribution in [2.24, 2.45) is 5.92 Å². The summed E-state index contributed by atoms with van der Waals surface area (Å²) in [6, 6.07) is 10.9. The molecule has 21 heavy (non-hydrogen) atoms. The zero-order valence-corrected chi connectivity index (χ0v) is 12.5. The van der Waals surface area contributed by atoms with E-state index in [1.165, 1.54) is 0 Å². The molecule has 0 aliphatic carbocycles. The van der Waals surface area contributed by atoms with Gasteiger partial charge >= 0.3 is 0 Å². The third-order valence-corrected chi connectivity index (χ3v) is 3.26. The van der Waals surface area contributed by atoms with Gasteiger partial charge in [0.05, 0.1) is 18.4 Å². The van der Waals surface area contributed by atoms with Crippen molar-refractivity contribution >= 4 is 6.29 Å². The topological polar surface area (TPSA) is 48.3 Å². The molecule has 0 spiro atoms. The van der Waals surface area contributed by atoms with Crippen molar-refractivity contribution < 1.29 is 9.53 Å². The van der Waals surface area contributed by atoms with Crippen LogP contribution in [0.15, 0.2) is 41.2 Å². The molecule has 1 aromatic heterocycles. The first-order chi connectivity index (χ1) is 10.1. The highest BCUT2D eigenvalue weighted by Gasteiger charge is 2.14. The molecule has 1 heterocycles. The summed E-state index contributed by atoms with van der Waals surface area (Å²) in [7, 11) is 1.60. The molecule has 0 aliphatic rings. The number of aromatic nitrogens is 1. The van der Waals surface area contributed by atoms with E-state index in [9.17, 15) is 9.59 Å². The predicted octanol–water partition coefficient (Wildman–Crippen LogP) is 2.99. The van der Waals surface area contributed by atoms with Crippen molar-refractivity contribution in [2.45, 2.75) is 20.4 Å². The minimum absolute atomic E-state index is 0.175. The lowest BCUT2D eigenvalue weighted by molar-refractivity contribution is 0.112. The second-order valence-corrected chi connectivity index (χ2v) is 5.30. The highest BCUT2D eigenvalue weighted by molar-refractivity contribution is 5.76. The van der Waals surface area contributed by atoms with Gasteiger partial charge in [-0.25, -0.2) is 0 Å². The Morgan fingerprint density at radius 1 is 1.19 bits per heavy atom. The molecule has 0 fully saturated rings. The average Bonchev–Trinajstić information content (AvgIpc) is 2.49. The Labute approximate surface area is 124 Å². The summed E-state index contributed by atoms with van der Waals surface area (Å²) >= 11 is 0. The molecule has 4 heteroatoms. The number of methoxy groups -OCH3 is 1. The number of ether oxygens (including phenoxy) is 1. The number of pyridine rings is 1. The third-order valence-electron chi connectivity index (χ3n) is 3.26. The quantitative estimate of drug-likeness (QED) is 0.793. The number of carbonyl (C=O) groups excluding carboxylic acids is 1. The monoisotopic (exact) mass is 285 g/mol. The van der Waals surface area contributed by atoms with Crippen LogP contribution in [0.2, 0.25) is 0 Å². The largest absolute Gasteiger partial charge is 0.496 e. The molecule has 0 N–H and O–H groups in total. The molecule has 0 amide bonds. The average molecular weight is 285 g/mol. The lowest BCUT2D eigenvalue weighted by Gasteiger charge is -2.17. The summed E-state index contributed by atoms with van der Waals surface area (Å²) in [5.74, 6) is 0.992. The molecule has 2 aromatic rings. The lowest BCUT2D eigenvalue weighted by atomic mass is 10.1. The van der Waals surface area contributed by atoms with E-state index in [4.69, 9.17) is 4.74 Å². The van der Waals surface area contributed by atoms with E-state index in [1.54, 1.807) is 23.8 Å². The predicted molar refractivity (Wildman–Crippen MR) is 82.9 cm³/mol. The van der Waals surface area contributed by atoms with Crippen LogP contribution in [0.3, 0.4) is 0 Å². The molecule has 4 nitrogen and oxygen atoms in total. The van der Waals surface area contributed by atoms with Gasteiger partial charge in [0.1, 0.15) is 5.75 Å².